The minimum atomic E-state index is -0.668. The number of nitrogens with zero attached hydrogens (tertiary/aromatic N) is 3. The molecule has 0 aliphatic heterocycles. The highest BCUT2D eigenvalue weighted by molar-refractivity contribution is 9.10. The molecule has 0 amide bonds. The quantitative estimate of drug-likeness (QED) is 0.453. The second kappa shape index (κ2) is 5.48. The number of azide groups is 1. The van der Waals surface area contributed by atoms with E-state index in [9.17, 15) is 8.78 Å². The van der Waals surface area contributed by atoms with Crippen LogP contribution in [-0.2, 0) is 0 Å². The molecule has 0 saturated carbocycles. The summed E-state index contributed by atoms with van der Waals surface area (Å²) in [6.07, 6.45) is 2.91. The average molecular weight is 274 g/mol. The molecule has 15 heavy (non-hydrogen) atoms. The maximum Gasteiger partial charge on any atom is 0.134 e. The monoisotopic (exact) mass is 273 g/mol. The van der Waals surface area contributed by atoms with Crippen LogP contribution in [0.25, 0.3) is 16.5 Å². The lowest BCUT2D eigenvalue weighted by molar-refractivity contribution is 0.580. The smallest absolute Gasteiger partial charge is 0.134 e. The molecule has 78 valence electrons. The molecule has 0 saturated heterocycles. The summed E-state index contributed by atoms with van der Waals surface area (Å²) in [4.78, 5) is 2.53. The molecule has 0 unspecified atom stereocenters. The van der Waals surface area contributed by atoms with Crippen molar-refractivity contribution < 1.29 is 8.78 Å². The molecule has 0 spiro atoms. The molecule has 0 radical (unpaired) electrons. The topological polar surface area (TPSA) is 48.8 Å². The van der Waals surface area contributed by atoms with Crippen LogP contribution in [0.5, 0.6) is 0 Å². The van der Waals surface area contributed by atoms with E-state index in [0.29, 0.717) is 4.47 Å². The van der Waals surface area contributed by atoms with Gasteiger partial charge in [-0.15, -0.1) is 0 Å². The Hall–Kier alpha value is -1.39. The van der Waals surface area contributed by atoms with Crippen LogP contribution in [-0.4, -0.2) is 6.54 Å². The number of hydrogen-bond donors (Lipinski definition) is 0. The zero-order valence-corrected chi connectivity index (χ0v) is 9.08. The van der Waals surface area contributed by atoms with Crippen LogP contribution in [0, 0.1) is 11.6 Å². The molecule has 0 heterocycles. The third-order valence-electron chi connectivity index (χ3n) is 1.58. The fourth-order valence-corrected chi connectivity index (χ4v) is 1.51. The van der Waals surface area contributed by atoms with Crippen molar-refractivity contribution >= 4 is 22.0 Å². The molecule has 3 nitrogen and oxygen atoms in total. The summed E-state index contributed by atoms with van der Waals surface area (Å²) in [5, 5.41) is 3.25. The van der Waals surface area contributed by atoms with Crippen molar-refractivity contribution in [3.63, 3.8) is 0 Å². The van der Waals surface area contributed by atoms with Gasteiger partial charge in [0.05, 0.1) is 0 Å². The van der Waals surface area contributed by atoms with Gasteiger partial charge in [-0.25, -0.2) is 8.78 Å². The molecule has 0 aromatic heterocycles. The van der Waals surface area contributed by atoms with Crippen LogP contribution < -0.4 is 0 Å². The lowest BCUT2D eigenvalue weighted by Crippen LogP contribution is -1.87. The van der Waals surface area contributed by atoms with Gasteiger partial charge in [0.15, 0.2) is 0 Å². The Morgan fingerprint density at radius 3 is 2.80 bits per heavy atom. The molecule has 0 atom stereocenters. The summed E-state index contributed by atoms with van der Waals surface area (Å²) in [6, 6.07) is 1.95. The fraction of sp³-hybridized carbons (Fsp3) is 0.111. The van der Waals surface area contributed by atoms with E-state index in [2.05, 4.69) is 26.0 Å². The second-order valence-corrected chi connectivity index (χ2v) is 3.45. The molecule has 0 fully saturated rings. The first kappa shape index (κ1) is 11.7. The first-order chi connectivity index (χ1) is 7.15. The van der Waals surface area contributed by atoms with Crippen LogP contribution in [0.1, 0.15) is 5.56 Å². The van der Waals surface area contributed by atoms with Gasteiger partial charge in [0.2, 0.25) is 0 Å². The van der Waals surface area contributed by atoms with Gasteiger partial charge in [0.25, 0.3) is 0 Å². The molecular formula is C9H6BrF2N3. The summed E-state index contributed by atoms with van der Waals surface area (Å²) >= 11 is 3.03. The number of hydrogen-bond acceptors (Lipinski definition) is 1. The van der Waals surface area contributed by atoms with E-state index < -0.39 is 11.6 Å². The highest BCUT2D eigenvalue weighted by Crippen LogP contribution is 2.22. The first-order valence-corrected chi connectivity index (χ1v) is 4.76. The van der Waals surface area contributed by atoms with Gasteiger partial charge < -0.3 is 0 Å². The minimum Gasteiger partial charge on any atom is -0.207 e. The normalized spacial score (nSPS) is 10.3. The van der Waals surface area contributed by atoms with Crippen molar-refractivity contribution in [3.8, 4) is 0 Å². The lowest BCUT2D eigenvalue weighted by atomic mass is 10.2. The van der Waals surface area contributed by atoms with Crippen molar-refractivity contribution in [2.75, 3.05) is 6.54 Å². The van der Waals surface area contributed by atoms with Crippen molar-refractivity contribution in [2.24, 2.45) is 5.11 Å². The molecule has 0 aliphatic carbocycles. The SMILES string of the molecule is [N-]=[N+]=NCC=Cc1c(F)cc(F)cc1Br. The zero-order valence-electron chi connectivity index (χ0n) is 7.49. The molecule has 1 aromatic rings. The van der Waals surface area contributed by atoms with E-state index in [0.717, 1.165) is 12.1 Å². The van der Waals surface area contributed by atoms with Crippen molar-refractivity contribution in [3.05, 3.63) is 50.3 Å². The molecule has 1 aromatic carbocycles. The minimum absolute atomic E-state index is 0.125. The van der Waals surface area contributed by atoms with Gasteiger partial charge in [0, 0.05) is 27.6 Å². The van der Waals surface area contributed by atoms with Crippen LogP contribution in [0.3, 0.4) is 0 Å². The predicted molar refractivity (Wildman–Crippen MR) is 57.1 cm³/mol. The molecule has 6 heteroatoms. The lowest BCUT2D eigenvalue weighted by Gasteiger charge is -2.00. The third-order valence-corrected chi connectivity index (χ3v) is 2.23. The van der Waals surface area contributed by atoms with Gasteiger partial charge in [-0.1, -0.05) is 17.3 Å². The van der Waals surface area contributed by atoms with Crippen molar-refractivity contribution in [2.45, 2.75) is 0 Å². The van der Waals surface area contributed by atoms with E-state index in [1.54, 1.807) is 0 Å². The Morgan fingerprint density at radius 2 is 2.20 bits per heavy atom. The predicted octanol–water partition coefficient (Wildman–Crippen LogP) is 4.05. The fourth-order valence-electron chi connectivity index (χ4n) is 0.967. The Bertz CT molecular complexity index is 416. The molecule has 0 aliphatic rings. The van der Waals surface area contributed by atoms with E-state index in [1.165, 1.54) is 12.2 Å². The van der Waals surface area contributed by atoms with Crippen LogP contribution in [0.2, 0.25) is 0 Å². The van der Waals surface area contributed by atoms with Gasteiger partial charge in [-0.2, -0.15) is 0 Å². The Morgan fingerprint density at radius 1 is 1.47 bits per heavy atom. The highest BCUT2D eigenvalue weighted by atomic mass is 79.9. The van der Waals surface area contributed by atoms with Crippen LogP contribution in [0.15, 0.2) is 27.8 Å². The van der Waals surface area contributed by atoms with E-state index >= 15 is 0 Å². The Kier molecular flexibility index (Phi) is 4.27. The second-order valence-electron chi connectivity index (χ2n) is 2.60. The number of rotatable bonds is 3. The Labute approximate surface area is 93.2 Å². The number of halogens is 3. The standard InChI is InChI=1S/C9H6BrF2N3/c10-8-4-6(11)5-9(12)7(8)2-1-3-14-15-13/h1-2,4-5H,3H2. The summed E-state index contributed by atoms with van der Waals surface area (Å²) in [5.41, 5.74) is 8.23. The number of benzene rings is 1. The largest absolute Gasteiger partial charge is 0.207 e. The molecule has 0 N–H and O–H groups in total. The first-order valence-electron chi connectivity index (χ1n) is 3.97. The molecular weight excluding hydrogens is 268 g/mol. The van der Waals surface area contributed by atoms with Gasteiger partial charge in [-0.3, -0.25) is 0 Å². The van der Waals surface area contributed by atoms with Gasteiger partial charge in [-0.05, 0) is 27.5 Å². The van der Waals surface area contributed by atoms with E-state index in [-0.39, 0.29) is 12.1 Å². The summed E-state index contributed by atoms with van der Waals surface area (Å²) in [5.74, 6) is -1.31. The molecule has 1 rings (SSSR count). The maximum absolute atomic E-state index is 13.2. The Balaban J connectivity index is 2.94. The summed E-state index contributed by atoms with van der Waals surface area (Å²) < 4.78 is 26.2. The zero-order chi connectivity index (χ0) is 11.3. The van der Waals surface area contributed by atoms with Crippen LogP contribution in [0.4, 0.5) is 8.78 Å². The summed E-state index contributed by atoms with van der Waals surface area (Å²) in [6.45, 7) is 0.125. The van der Waals surface area contributed by atoms with Crippen molar-refractivity contribution in [1.82, 2.24) is 0 Å². The third kappa shape index (κ3) is 3.34. The highest BCUT2D eigenvalue weighted by Gasteiger charge is 2.05. The van der Waals surface area contributed by atoms with E-state index in [1.807, 2.05) is 0 Å². The average Bonchev–Trinajstić information content (AvgIpc) is 2.15. The van der Waals surface area contributed by atoms with Crippen LogP contribution >= 0.6 is 15.9 Å². The van der Waals surface area contributed by atoms with E-state index in [4.69, 9.17) is 5.53 Å². The van der Waals surface area contributed by atoms with Crippen molar-refractivity contribution in [1.29, 1.82) is 0 Å². The molecule has 0 bridgehead atoms. The summed E-state index contributed by atoms with van der Waals surface area (Å²) in [7, 11) is 0. The van der Waals surface area contributed by atoms with Gasteiger partial charge >= 0.3 is 0 Å². The van der Waals surface area contributed by atoms with Gasteiger partial charge in [0.1, 0.15) is 11.6 Å². The maximum atomic E-state index is 13.2.